The number of halogens is 1. The van der Waals surface area contributed by atoms with Crippen molar-refractivity contribution in [3.63, 3.8) is 0 Å². The van der Waals surface area contributed by atoms with Gasteiger partial charge >= 0.3 is 0 Å². The molecule has 2 rings (SSSR count). The Kier molecular flexibility index (Phi) is 5.69. The van der Waals surface area contributed by atoms with Gasteiger partial charge in [-0.2, -0.15) is 0 Å². The van der Waals surface area contributed by atoms with Crippen molar-refractivity contribution >= 4 is 34.8 Å². The van der Waals surface area contributed by atoms with Crippen LogP contribution in [0, 0.1) is 12.3 Å². The first-order valence-electron chi connectivity index (χ1n) is 7.77. The minimum absolute atomic E-state index is 0.399. The first-order valence-corrected chi connectivity index (χ1v) is 8.15. The van der Waals surface area contributed by atoms with E-state index in [-0.39, 0.29) is 0 Å². The zero-order valence-electron chi connectivity index (χ0n) is 14.6. The van der Waals surface area contributed by atoms with E-state index in [1.165, 1.54) is 0 Å². The third-order valence-corrected chi connectivity index (χ3v) is 4.15. The zero-order valence-corrected chi connectivity index (χ0v) is 15.4. The van der Waals surface area contributed by atoms with Gasteiger partial charge in [0, 0.05) is 16.4 Å². The largest absolute Gasteiger partial charge is 0.497 e. The third kappa shape index (κ3) is 4.51. The number of hydrogen-bond acceptors (Lipinski definition) is 3. The van der Waals surface area contributed by atoms with Crippen LogP contribution in [0.3, 0.4) is 0 Å². The molecule has 0 atom stereocenters. The molecule has 2 aromatic rings. The van der Waals surface area contributed by atoms with Gasteiger partial charge in [0.25, 0.3) is 0 Å². The Balaban J connectivity index is 2.09. The van der Waals surface area contributed by atoms with E-state index in [9.17, 15) is 9.59 Å². The highest BCUT2D eigenvalue weighted by molar-refractivity contribution is 6.30. The van der Waals surface area contributed by atoms with Gasteiger partial charge in [0.2, 0.25) is 11.8 Å². The Labute approximate surface area is 152 Å². The predicted molar refractivity (Wildman–Crippen MR) is 100 cm³/mol. The summed E-state index contributed by atoms with van der Waals surface area (Å²) < 4.78 is 5.08. The summed E-state index contributed by atoms with van der Waals surface area (Å²) in [5, 5.41) is 6.12. The molecule has 2 amide bonds. The van der Waals surface area contributed by atoms with Crippen molar-refractivity contribution in [2.24, 2.45) is 5.41 Å². The van der Waals surface area contributed by atoms with Crippen LogP contribution < -0.4 is 15.4 Å². The van der Waals surface area contributed by atoms with Crippen LogP contribution in [0.5, 0.6) is 5.75 Å². The second-order valence-electron chi connectivity index (χ2n) is 6.22. The number of carbonyl (C=O) groups is 2. The number of methoxy groups -OCH3 is 1. The SMILES string of the molecule is COc1ccc(NC(=O)C(C)(C)C(=O)Nc2ccc(Cl)cc2C)cc1. The molecule has 6 heteroatoms. The fraction of sp³-hybridized carbons (Fsp3) is 0.263. The second kappa shape index (κ2) is 7.57. The third-order valence-electron chi connectivity index (χ3n) is 3.92. The molecule has 0 saturated carbocycles. The van der Waals surface area contributed by atoms with E-state index in [0.717, 1.165) is 5.56 Å². The molecule has 2 aromatic carbocycles. The molecule has 0 spiro atoms. The number of benzene rings is 2. The second-order valence-corrected chi connectivity index (χ2v) is 6.66. The van der Waals surface area contributed by atoms with Gasteiger partial charge in [-0.1, -0.05) is 11.6 Å². The molecule has 0 bridgehead atoms. The highest BCUT2D eigenvalue weighted by Gasteiger charge is 2.36. The highest BCUT2D eigenvalue weighted by atomic mass is 35.5. The molecular weight excluding hydrogens is 340 g/mol. The summed E-state index contributed by atoms with van der Waals surface area (Å²) in [5.41, 5.74) is 0.785. The monoisotopic (exact) mass is 360 g/mol. The summed E-state index contributed by atoms with van der Waals surface area (Å²) in [5.74, 6) is -0.112. The first kappa shape index (κ1) is 18.8. The molecule has 5 nitrogen and oxygen atoms in total. The lowest BCUT2D eigenvalue weighted by atomic mass is 9.90. The van der Waals surface area contributed by atoms with E-state index in [1.807, 2.05) is 6.92 Å². The van der Waals surface area contributed by atoms with Crippen LogP contribution in [-0.4, -0.2) is 18.9 Å². The summed E-state index contributed by atoms with van der Waals surface area (Å²) >= 11 is 5.92. The molecule has 0 aliphatic rings. The molecule has 0 unspecified atom stereocenters. The maximum atomic E-state index is 12.6. The molecule has 132 valence electrons. The lowest BCUT2D eigenvalue weighted by Crippen LogP contribution is -2.41. The Bertz CT molecular complexity index is 786. The van der Waals surface area contributed by atoms with Gasteiger partial charge in [-0.15, -0.1) is 0 Å². The number of nitrogens with one attached hydrogen (secondary N) is 2. The van der Waals surface area contributed by atoms with Gasteiger partial charge in [0.1, 0.15) is 11.2 Å². The van der Waals surface area contributed by atoms with E-state index < -0.39 is 17.2 Å². The van der Waals surface area contributed by atoms with Crippen LogP contribution in [0.4, 0.5) is 11.4 Å². The number of rotatable bonds is 5. The number of hydrogen-bond donors (Lipinski definition) is 2. The maximum absolute atomic E-state index is 12.6. The molecule has 2 N–H and O–H groups in total. The highest BCUT2D eigenvalue weighted by Crippen LogP contribution is 2.25. The Morgan fingerprint density at radius 3 is 2.16 bits per heavy atom. The van der Waals surface area contributed by atoms with E-state index in [4.69, 9.17) is 16.3 Å². The Hall–Kier alpha value is -2.53. The maximum Gasteiger partial charge on any atom is 0.239 e. The molecule has 25 heavy (non-hydrogen) atoms. The van der Waals surface area contributed by atoms with E-state index >= 15 is 0 Å². The van der Waals surface area contributed by atoms with Gasteiger partial charge in [0.05, 0.1) is 7.11 Å². The van der Waals surface area contributed by atoms with Gasteiger partial charge in [-0.05, 0) is 68.8 Å². The first-order chi connectivity index (χ1) is 11.7. The Morgan fingerprint density at radius 1 is 1.00 bits per heavy atom. The van der Waals surface area contributed by atoms with Crippen LogP contribution >= 0.6 is 11.6 Å². The summed E-state index contributed by atoms with van der Waals surface area (Å²) in [4.78, 5) is 25.1. The minimum Gasteiger partial charge on any atom is -0.497 e. The number of carbonyl (C=O) groups excluding carboxylic acids is 2. The molecule has 0 radical (unpaired) electrons. The normalized spacial score (nSPS) is 10.9. The Morgan fingerprint density at radius 2 is 1.60 bits per heavy atom. The van der Waals surface area contributed by atoms with Crippen molar-refractivity contribution in [1.82, 2.24) is 0 Å². The van der Waals surface area contributed by atoms with Gasteiger partial charge in [-0.25, -0.2) is 0 Å². The summed E-state index contributed by atoms with van der Waals surface area (Å²) in [6.07, 6.45) is 0. The van der Waals surface area contributed by atoms with Crippen LogP contribution in [0.1, 0.15) is 19.4 Å². The van der Waals surface area contributed by atoms with E-state index in [1.54, 1.807) is 63.4 Å². The number of ether oxygens (including phenoxy) is 1. The van der Waals surface area contributed by atoms with Crippen LogP contribution in [0.25, 0.3) is 0 Å². The van der Waals surface area contributed by atoms with Crippen LogP contribution in [0.2, 0.25) is 5.02 Å². The van der Waals surface area contributed by atoms with Crippen molar-refractivity contribution in [2.45, 2.75) is 20.8 Å². The summed E-state index contributed by atoms with van der Waals surface area (Å²) in [6.45, 7) is 4.99. The average molecular weight is 361 g/mol. The van der Waals surface area contributed by atoms with Gasteiger partial charge in [-0.3, -0.25) is 9.59 Å². The fourth-order valence-corrected chi connectivity index (χ4v) is 2.34. The lowest BCUT2D eigenvalue weighted by Gasteiger charge is -2.23. The predicted octanol–water partition coefficient (Wildman–Crippen LogP) is 4.26. The van der Waals surface area contributed by atoms with Crippen molar-refractivity contribution in [2.75, 3.05) is 17.7 Å². The topological polar surface area (TPSA) is 67.4 Å². The zero-order chi connectivity index (χ0) is 18.6. The number of aryl methyl sites for hydroxylation is 1. The van der Waals surface area contributed by atoms with Crippen LogP contribution in [-0.2, 0) is 9.59 Å². The molecular formula is C19H21ClN2O3. The van der Waals surface area contributed by atoms with Crippen molar-refractivity contribution in [3.8, 4) is 5.75 Å². The van der Waals surface area contributed by atoms with Crippen molar-refractivity contribution < 1.29 is 14.3 Å². The average Bonchev–Trinajstić information content (AvgIpc) is 2.57. The fourth-order valence-electron chi connectivity index (χ4n) is 2.11. The summed E-state index contributed by atoms with van der Waals surface area (Å²) in [6, 6.07) is 12.1. The standard InChI is InChI=1S/C19H21ClN2O3/c1-12-11-13(20)5-10-16(12)22-18(24)19(2,3)17(23)21-14-6-8-15(25-4)9-7-14/h5-11H,1-4H3,(H,21,23)(H,22,24). The minimum atomic E-state index is -1.26. The number of anilines is 2. The quantitative estimate of drug-likeness (QED) is 0.783. The van der Waals surface area contributed by atoms with Gasteiger partial charge < -0.3 is 15.4 Å². The molecule has 0 aliphatic carbocycles. The van der Waals surface area contributed by atoms with Crippen LogP contribution in [0.15, 0.2) is 42.5 Å². The smallest absolute Gasteiger partial charge is 0.239 e. The number of amides is 2. The molecule has 0 aliphatic heterocycles. The molecule has 0 saturated heterocycles. The summed E-state index contributed by atoms with van der Waals surface area (Å²) in [7, 11) is 1.57. The van der Waals surface area contributed by atoms with Crippen molar-refractivity contribution in [3.05, 3.63) is 53.1 Å². The van der Waals surface area contributed by atoms with E-state index in [0.29, 0.717) is 22.1 Å². The molecule has 0 heterocycles. The molecule has 0 fully saturated rings. The molecule has 0 aromatic heterocycles. The lowest BCUT2D eigenvalue weighted by molar-refractivity contribution is -0.135. The van der Waals surface area contributed by atoms with E-state index in [2.05, 4.69) is 10.6 Å². The van der Waals surface area contributed by atoms with Crippen molar-refractivity contribution in [1.29, 1.82) is 0 Å². The van der Waals surface area contributed by atoms with Gasteiger partial charge in [0.15, 0.2) is 0 Å².